The van der Waals surface area contributed by atoms with Crippen molar-refractivity contribution in [3.05, 3.63) is 63.7 Å². The first-order valence-corrected chi connectivity index (χ1v) is 6.72. The number of carbonyl (C=O) groups is 1. The Bertz CT molecular complexity index is 903. The van der Waals surface area contributed by atoms with Crippen LogP contribution in [0, 0.1) is 10.1 Å². The van der Waals surface area contributed by atoms with Gasteiger partial charge < -0.3 is 10.1 Å². The number of aromatic nitrogens is 2. The van der Waals surface area contributed by atoms with Gasteiger partial charge in [0.15, 0.2) is 0 Å². The number of carbonyl (C=O) groups excluding carboxylic acids is 1. The molecule has 0 bridgehead atoms. The lowest BCUT2D eigenvalue weighted by Gasteiger charge is -2.01. The Balaban J connectivity index is 1.85. The molecular formula is C15H12N4O4. The number of hydrogen-bond acceptors (Lipinski definition) is 5. The minimum atomic E-state index is -0.561. The highest BCUT2D eigenvalue weighted by molar-refractivity contribution is 6.04. The van der Waals surface area contributed by atoms with Crippen molar-refractivity contribution < 1.29 is 14.8 Å². The average Bonchev–Trinajstić information content (AvgIpc) is 2.95. The van der Waals surface area contributed by atoms with Crippen LogP contribution in [-0.2, 0) is 6.61 Å². The van der Waals surface area contributed by atoms with E-state index >= 15 is 0 Å². The highest BCUT2D eigenvalue weighted by Gasteiger charge is 2.13. The summed E-state index contributed by atoms with van der Waals surface area (Å²) >= 11 is 0. The summed E-state index contributed by atoms with van der Waals surface area (Å²) in [5.41, 5.74) is 2.03. The van der Waals surface area contributed by atoms with Crippen LogP contribution < -0.4 is 5.32 Å². The number of aromatic amines is 1. The Kier molecular flexibility index (Phi) is 3.73. The number of nitro groups is 1. The Morgan fingerprint density at radius 1 is 1.30 bits per heavy atom. The molecule has 116 valence electrons. The highest BCUT2D eigenvalue weighted by atomic mass is 16.6. The summed E-state index contributed by atoms with van der Waals surface area (Å²) in [5, 5.41) is 22.4. The molecule has 8 heteroatoms. The Labute approximate surface area is 129 Å². The molecule has 3 rings (SSSR count). The molecule has 0 saturated carbocycles. The van der Waals surface area contributed by atoms with Crippen LogP contribution >= 0.6 is 0 Å². The standard InChI is InChI=1S/C15H12N4O4/c20-8-9-4-5-12-13(6-9)17-15(16-12)18-14(21)10-2-1-3-11(7-10)19(22)23/h1-7,20H,8H2,(H2,16,17,18,21). The van der Waals surface area contributed by atoms with E-state index in [9.17, 15) is 14.9 Å². The molecule has 1 amide bonds. The number of nitrogens with zero attached hydrogens (tertiary/aromatic N) is 2. The van der Waals surface area contributed by atoms with Gasteiger partial charge in [0.05, 0.1) is 22.6 Å². The number of aliphatic hydroxyl groups excluding tert-OH is 1. The van der Waals surface area contributed by atoms with Crippen molar-refractivity contribution in [1.29, 1.82) is 0 Å². The van der Waals surface area contributed by atoms with E-state index in [4.69, 9.17) is 5.11 Å². The summed E-state index contributed by atoms with van der Waals surface area (Å²) in [6.07, 6.45) is 0. The molecule has 0 aliphatic rings. The van der Waals surface area contributed by atoms with Crippen molar-refractivity contribution in [2.24, 2.45) is 0 Å². The Hall–Kier alpha value is -3.26. The van der Waals surface area contributed by atoms with Gasteiger partial charge in [-0.05, 0) is 23.8 Å². The zero-order chi connectivity index (χ0) is 16.4. The third-order valence-electron chi connectivity index (χ3n) is 3.28. The van der Waals surface area contributed by atoms with E-state index in [1.54, 1.807) is 18.2 Å². The second-order valence-electron chi connectivity index (χ2n) is 4.86. The monoisotopic (exact) mass is 312 g/mol. The van der Waals surface area contributed by atoms with Crippen molar-refractivity contribution in [3.8, 4) is 0 Å². The van der Waals surface area contributed by atoms with Crippen molar-refractivity contribution in [1.82, 2.24) is 9.97 Å². The number of nitrogens with one attached hydrogen (secondary N) is 2. The van der Waals surface area contributed by atoms with Gasteiger partial charge in [0.1, 0.15) is 0 Å². The normalized spacial score (nSPS) is 10.7. The molecule has 0 aliphatic heterocycles. The number of hydrogen-bond donors (Lipinski definition) is 3. The van der Waals surface area contributed by atoms with Crippen LogP contribution in [-0.4, -0.2) is 25.9 Å². The minimum absolute atomic E-state index is 0.0929. The number of imidazole rings is 1. The van der Waals surface area contributed by atoms with Gasteiger partial charge in [-0.2, -0.15) is 0 Å². The molecule has 3 N–H and O–H groups in total. The van der Waals surface area contributed by atoms with Gasteiger partial charge in [-0.25, -0.2) is 4.98 Å². The summed E-state index contributed by atoms with van der Waals surface area (Å²) in [6.45, 7) is -0.0929. The largest absolute Gasteiger partial charge is 0.392 e. The molecule has 3 aromatic rings. The molecule has 2 aromatic carbocycles. The zero-order valence-electron chi connectivity index (χ0n) is 11.8. The summed E-state index contributed by atoms with van der Waals surface area (Å²) in [5.74, 6) is -0.276. The maximum absolute atomic E-state index is 12.2. The third kappa shape index (κ3) is 3.01. The van der Waals surface area contributed by atoms with Gasteiger partial charge in [-0.3, -0.25) is 20.2 Å². The maximum Gasteiger partial charge on any atom is 0.270 e. The van der Waals surface area contributed by atoms with Gasteiger partial charge >= 0.3 is 0 Å². The molecule has 0 fully saturated rings. The number of benzene rings is 2. The van der Waals surface area contributed by atoms with Crippen molar-refractivity contribution in [3.63, 3.8) is 0 Å². The van der Waals surface area contributed by atoms with Crippen LogP contribution in [0.2, 0.25) is 0 Å². The molecule has 0 spiro atoms. The number of fused-ring (bicyclic) bond motifs is 1. The van der Waals surface area contributed by atoms with E-state index in [0.29, 0.717) is 11.0 Å². The van der Waals surface area contributed by atoms with Gasteiger partial charge in [0, 0.05) is 17.7 Å². The smallest absolute Gasteiger partial charge is 0.270 e. The highest BCUT2D eigenvalue weighted by Crippen LogP contribution is 2.18. The fourth-order valence-electron chi connectivity index (χ4n) is 2.15. The Morgan fingerprint density at radius 3 is 2.87 bits per heavy atom. The van der Waals surface area contributed by atoms with Crippen LogP contribution in [0.5, 0.6) is 0 Å². The fourth-order valence-corrected chi connectivity index (χ4v) is 2.15. The molecule has 23 heavy (non-hydrogen) atoms. The lowest BCUT2D eigenvalue weighted by molar-refractivity contribution is -0.384. The van der Waals surface area contributed by atoms with Crippen molar-refractivity contribution >= 4 is 28.6 Å². The summed E-state index contributed by atoms with van der Waals surface area (Å²) in [4.78, 5) is 29.5. The molecule has 0 saturated heterocycles. The number of non-ortho nitro benzene ring substituents is 1. The van der Waals surface area contributed by atoms with Gasteiger partial charge in [0.25, 0.3) is 11.6 Å². The van der Waals surface area contributed by atoms with Crippen LogP contribution in [0.25, 0.3) is 11.0 Å². The van der Waals surface area contributed by atoms with E-state index in [1.165, 1.54) is 24.3 Å². The second kappa shape index (κ2) is 5.85. The van der Waals surface area contributed by atoms with E-state index in [-0.39, 0.29) is 23.8 Å². The predicted molar refractivity (Wildman–Crippen MR) is 83.1 cm³/mol. The molecule has 0 unspecified atom stereocenters. The topological polar surface area (TPSA) is 121 Å². The third-order valence-corrected chi connectivity index (χ3v) is 3.28. The second-order valence-corrected chi connectivity index (χ2v) is 4.86. The molecule has 8 nitrogen and oxygen atoms in total. The van der Waals surface area contributed by atoms with E-state index in [0.717, 1.165) is 5.56 Å². The summed E-state index contributed by atoms with van der Waals surface area (Å²) in [6, 6.07) is 10.6. The lowest BCUT2D eigenvalue weighted by atomic mass is 10.2. The van der Waals surface area contributed by atoms with Gasteiger partial charge in [-0.1, -0.05) is 12.1 Å². The number of anilines is 1. The summed E-state index contributed by atoms with van der Waals surface area (Å²) < 4.78 is 0. The van der Waals surface area contributed by atoms with E-state index in [1.807, 2.05) is 0 Å². The maximum atomic E-state index is 12.2. The molecule has 1 aromatic heterocycles. The minimum Gasteiger partial charge on any atom is -0.392 e. The number of rotatable bonds is 4. The lowest BCUT2D eigenvalue weighted by Crippen LogP contribution is -2.13. The zero-order valence-corrected chi connectivity index (χ0v) is 11.8. The van der Waals surface area contributed by atoms with Crippen LogP contribution in [0.3, 0.4) is 0 Å². The molecular weight excluding hydrogens is 300 g/mol. The quantitative estimate of drug-likeness (QED) is 0.503. The van der Waals surface area contributed by atoms with Crippen molar-refractivity contribution in [2.75, 3.05) is 5.32 Å². The molecule has 0 radical (unpaired) electrons. The summed E-state index contributed by atoms with van der Waals surface area (Å²) in [7, 11) is 0. The number of aliphatic hydroxyl groups is 1. The van der Waals surface area contributed by atoms with Crippen LogP contribution in [0.1, 0.15) is 15.9 Å². The van der Waals surface area contributed by atoms with Gasteiger partial charge in [0.2, 0.25) is 5.95 Å². The molecule has 1 heterocycles. The van der Waals surface area contributed by atoms with Gasteiger partial charge in [-0.15, -0.1) is 0 Å². The Morgan fingerprint density at radius 2 is 2.13 bits per heavy atom. The van der Waals surface area contributed by atoms with Crippen LogP contribution in [0.15, 0.2) is 42.5 Å². The number of nitro benzene ring substituents is 1. The molecule has 0 aliphatic carbocycles. The first kappa shape index (κ1) is 14.7. The first-order chi connectivity index (χ1) is 11.1. The SMILES string of the molecule is O=C(Nc1nc2ccc(CO)cc2[nH]1)c1cccc([N+](=O)[O-])c1. The van der Waals surface area contributed by atoms with Crippen LogP contribution in [0.4, 0.5) is 11.6 Å². The molecule has 0 atom stereocenters. The van der Waals surface area contributed by atoms with Crippen molar-refractivity contribution in [2.45, 2.75) is 6.61 Å². The first-order valence-electron chi connectivity index (χ1n) is 6.72. The number of amides is 1. The average molecular weight is 312 g/mol. The number of H-pyrrole nitrogens is 1. The fraction of sp³-hybridized carbons (Fsp3) is 0.0667. The predicted octanol–water partition coefficient (Wildman–Crippen LogP) is 2.22. The van der Waals surface area contributed by atoms with E-state index < -0.39 is 10.8 Å². The van der Waals surface area contributed by atoms with E-state index in [2.05, 4.69) is 15.3 Å².